The fourth-order valence-corrected chi connectivity index (χ4v) is 2.08. The lowest BCUT2D eigenvalue weighted by atomic mass is 9.96. The van der Waals surface area contributed by atoms with Crippen LogP contribution in [0.3, 0.4) is 0 Å². The Hall–Kier alpha value is -0.770. The molecule has 1 rings (SSSR count). The third-order valence-electron chi connectivity index (χ3n) is 3.32. The third-order valence-corrected chi connectivity index (χ3v) is 3.32. The maximum absolute atomic E-state index is 11.9. The number of ether oxygens (including phenoxy) is 1. The minimum absolute atomic E-state index is 0.0245. The quantitative estimate of drug-likeness (QED) is 0.799. The maximum Gasteiger partial charge on any atom is 0.317 e. The maximum atomic E-state index is 11.9. The number of rotatable bonds is 4. The van der Waals surface area contributed by atoms with Crippen LogP contribution in [0.2, 0.25) is 0 Å². The van der Waals surface area contributed by atoms with Gasteiger partial charge >= 0.3 is 6.03 Å². The van der Waals surface area contributed by atoms with Gasteiger partial charge in [0.25, 0.3) is 0 Å². The van der Waals surface area contributed by atoms with E-state index in [0.717, 1.165) is 12.8 Å². The van der Waals surface area contributed by atoms with E-state index in [1.807, 2.05) is 14.0 Å². The van der Waals surface area contributed by atoms with Crippen molar-refractivity contribution in [3.63, 3.8) is 0 Å². The summed E-state index contributed by atoms with van der Waals surface area (Å²) in [6, 6.07) is 0.517. The minimum Gasteiger partial charge on any atom is -0.383 e. The van der Waals surface area contributed by atoms with Crippen molar-refractivity contribution in [2.75, 3.05) is 20.8 Å². The fraction of sp³-hybridized carbons (Fsp3) is 0.917. The summed E-state index contributed by atoms with van der Waals surface area (Å²) in [5.41, 5.74) is 0. The van der Waals surface area contributed by atoms with E-state index in [2.05, 4.69) is 5.32 Å². The van der Waals surface area contributed by atoms with Gasteiger partial charge in [-0.05, 0) is 19.8 Å². The molecule has 0 saturated heterocycles. The zero-order valence-corrected chi connectivity index (χ0v) is 10.7. The highest BCUT2D eigenvalue weighted by Gasteiger charge is 2.20. The molecule has 0 aliphatic heterocycles. The summed E-state index contributed by atoms with van der Waals surface area (Å²) in [5, 5.41) is 3.09. The molecule has 1 N–H and O–H groups in total. The Morgan fingerprint density at radius 2 is 2.06 bits per heavy atom. The summed E-state index contributed by atoms with van der Waals surface area (Å²) in [7, 11) is 3.48. The molecule has 1 atom stereocenters. The van der Waals surface area contributed by atoms with Crippen molar-refractivity contribution in [2.45, 2.75) is 51.1 Å². The second-order valence-electron chi connectivity index (χ2n) is 4.70. The summed E-state index contributed by atoms with van der Waals surface area (Å²) in [4.78, 5) is 13.6. The summed E-state index contributed by atoms with van der Waals surface area (Å²) in [6.07, 6.45) is 6.03. The van der Waals surface area contributed by atoms with Gasteiger partial charge in [0.15, 0.2) is 0 Å². The molecule has 2 amide bonds. The zero-order valence-electron chi connectivity index (χ0n) is 10.7. The van der Waals surface area contributed by atoms with Crippen LogP contribution >= 0.6 is 0 Å². The van der Waals surface area contributed by atoms with Crippen molar-refractivity contribution in [2.24, 2.45) is 0 Å². The second-order valence-corrected chi connectivity index (χ2v) is 4.70. The number of carbonyl (C=O) groups excluding carboxylic acids is 1. The molecule has 0 aromatic heterocycles. The van der Waals surface area contributed by atoms with E-state index < -0.39 is 0 Å². The topological polar surface area (TPSA) is 41.6 Å². The zero-order chi connectivity index (χ0) is 12.0. The number of carbonyl (C=O) groups is 1. The Bertz CT molecular complexity index is 215. The van der Waals surface area contributed by atoms with E-state index in [1.165, 1.54) is 19.3 Å². The van der Waals surface area contributed by atoms with Gasteiger partial charge in [0, 0.05) is 20.2 Å². The molecular formula is C12H24N2O2. The molecule has 4 heteroatoms. The lowest BCUT2D eigenvalue weighted by molar-refractivity contribution is 0.121. The highest BCUT2D eigenvalue weighted by atomic mass is 16.5. The molecule has 1 fully saturated rings. The summed E-state index contributed by atoms with van der Waals surface area (Å²) in [6.45, 7) is 2.57. The Balaban J connectivity index is 2.32. The average Bonchev–Trinajstić information content (AvgIpc) is 2.29. The van der Waals surface area contributed by atoms with Crippen LogP contribution in [0.1, 0.15) is 39.0 Å². The molecule has 1 saturated carbocycles. The number of nitrogens with zero attached hydrogens (tertiary/aromatic N) is 1. The number of urea groups is 1. The van der Waals surface area contributed by atoms with Crippen LogP contribution in [-0.2, 0) is 4.74 Å². The first-order chi connectivity index (χ1) is 7.65. The molecule has 94 valence electrons. The molecule has 1 aliphatic rings. The van der Waals surface area contributed by atoms with Gasteiger partial charge in [-0.15, -0.1) is 0 Å². The highest BCUT2D eigenvalue weighted by molar-refractivity contribution is 5.74. The van der Waals surface area contributed by atoms with Crippen LogP contribution < -0.4 is 5.32 Å². The van der Waals surface area contributed by atoms with Crippen molar-refractivity contribution >= 4 is 6.03 Å². The van der Waals surface area contributed by atoms with E-state index in [9.17, 15) is 4.79 Å². The first-order valence-electron chi connectivity index (χ1n) is 6.17. The molecule has 0 heterocycles. The van der Waals surface area contributed by atoms with Crippen LogP contribution in [0.4, 0.5) is 4.79 Å². The molecule has 0 radical (unpaired) electrons. The number of nitrogens with one attached hydrogen (secondary N) is 1. The van der Waals surface area contributed by atoms with Crippen LogP contribution in [0.15, 0.2) is 0 Å². The van der Waals surface area contributed by atoms with E-state index in [0.29, 0.717) is 12.6 Å². The lowest BCUT2D eigenvalue weighted by Crippen LogP contribution is -2.48. The van der Waals surface area contributed by atoms with Crippen LogP contribution in [0, 0.1) is 0 Å². The smallest absolute Gasteiger partial charge is 0.317 e. The Kier molecular flexibility index (Phi) is 5.60. The fourth-order valence-electron chi connectivity index (χ4n) is 2.08. The Morgan fingerprint density at radius 1 is 1.44 bits per heavy atom. The molecule has 0 aromatic rings. The first kappa shape index (κ1) is 13.3. The molecule has 4 nitrogen and oxygen atoms in total. The van der Waals surface area contributed by atoms with Crippen molar-refractivity contribution in [3.05, 3.63) is 0 Å². The molecule has 0 aromatic carbocycles. The van der Waals surface area contributed by atoms with Crippen LogP contribution in [-0.4, -0.2) is 43.8 Å². The SMILES string of the molecule is COCC(C)N(C)C(=O)NC1CCCCC1. The number of hydrogen-bond acceptors (Lipinski definition) is 2. The first-order valence-corrected chi connectivity index (χ1v) is 6.17. The van der Waals surface area contributed by atoms with Gasteiger partial charge in [-0.1, -0.05) is 19.3 Å². The van der Waals surface area contributed by atoms with Gasteiger partial charge in [-0.3, -0.25) is 0 Å². The van der Waals surface area contributed by atoms with Crippen molar-refractivity contribution in [3.8, 4) is 0 Å². The normalized spacial score (nSPS) is 19.2. The molecule has 1 unspecified atom stereocenters. The van der Waals surface area contributed by atoms with Gasteiger partial charge in [-0.25, -0.2) is 4.79 Å². The van der Waals surface area contributed by atoms with Crippen molar-refractivity contribution in [1.29, 1.82) is 0 Å². The summed E-state index contributed by atoms with van der Waals surface area (Å²) < 4.78 is 5.04. The van der Waals surface area contributed by atoms with Crippen molar-refractivity contribution in [1.82, 2.24) is 10.2 Å². The molecule has 0 spiro atoms. The standard InChI is InChI=1S/C12H24N2O2/c1-10(9-16-3)14(2)12(15)13-11-7-5-4-6-8-11/h10-11H,4-9H2,1-3H3,(H,13,15). The van der Waals surface area contributed by atoms with Gasteiger partial charge in [0.05, 0.1) is 12.6 Å². The monoisotopic (exact) mass is 228 g/mol. The van der Waals surface area contributed by atoms with Gasteiger partial charge in [0.1, 0.15) is 0 Å². The van der Waals surface area contributed by atoms with Crippen LogP contribution in [0.5, 0.6) is 0 Å². The van der Waals surface area contributed by atoms with Crippen molar-refractivity contribution < 1.29 is 9.53 Å². The number of hydrogen-bond donors (Lipinski definition) is 1. The highest BCUT2D eigenvalue weighted by Crippen LogP contribution is 2.17. The molecule has 16 heavy (non-hydrogen) atoms. The van der Waals surface area contributed by atoms with Gasteiger partial charge < -0.3 is 15.0 Å². The number of amides is 2. The van der Waals surface area contributed by atoms with E-state index in [1.54, 1.807) is 12.0 Å². The summed E-state index contributed by atoms with van der Waals surface area (Å²) in [5.74, 6) is 0. The molecule has 0 bridgehead atoms. The predicted octanol–water partition coefficient (Wildman–Crippen LogP) is 2.00. The van der Waals surface area contributed by atoms with E-state index in [4.69, 9.17) is 4.74 Å². The lowest BCUT2D eigenvalue weighted by Gasteiger charge is -2.29. The number of likely N-dealkylation sites (N-methyl/N-ethyl adjacent to an activating group) is 1. The Morgan fingerprint density at radius 3 is 2.62 bits per heavy atom. The third kappa shape index (κ3) is 4.00. The average molecular weight is 228 g/mol. The minimum atomic E-state index is 0.0245. The second kappa shape index (κ2) is 6.74. The van der Waals surface area contributed by atoms with E-state index in [-0.39, 0.29) is 12.1 Å². The van der Waals surface area contributed by atoms with Gasteiger partial charge in [0.2, 0.25) is 0 Å². The number of methoxy groups -OCH3 is 1. The van der Waals surface area contributed by atoms with Gasteiger partial charge in [-0.2, -0.15) is 0 Å². The summed E-state index contributed by atoms with van der Waals surface area (Å²) >= 11 is 0. The molecule has 1 aliphatic carbocycles. The molecular weight excluding hydrogens is 204 g/mol. The van der Waals surface area contributed by atoms with E-state index >= 15 is 0 Å². The Labute approximate surface area is 98.3 Å². The predicted molar refractivity (Wildman–Crippen MR) is 64.5 cm³/mol. The largest absolute Gasteiger partial charge is 0.383 e. The van der Waals surface area contributed by atoms with Crippen LogP contribution in [0.25, 0.3) is 0 Å².